The monoisotopic (exact) mass is 363 g/mol. The number of benzene rings is 1. The van der Waals surface area contributed by atoms with Crippen molar-refractivity contribution in [1.82, 2.24) is 9.80 Å². The molecule has 0 unspecified atom stereocenters. The van der Waals surface area contributed by atoms with Gasteiger partial charge in [0.25, 0.3) is 0 Å². The molecule has 0 bridgehead atoms. The molecule has 8 heteroatoms. The summed E-state index contributed by atoms with van der Waals surface area (Å²) in [6.45, 7) is 2.61. The molecule has 0 aliphatic carbocycles. The van der Waals surface area contributed by atoms with Crippen molar-refractivity contribution in [1.29, 1.82) is 0 Å². The van der Waals surface area contributed by atoms with E-state index < -0.39 is 0 Å². The maximum absolute atomic E-state index is 12.4. The fraction of sp³-hybridized carbons (Fsp3) is 0.444. The zero-order valence-electron chi connectivity index (χ0n) is 15.4. The number of carbonyl (C=O) groups is 2. The second kappa shape index (κ2) is 9.10. The molecule has 1 aliphatic rings. The number of nitrogens with two attached hydrogens (primary N) is 1. The van der Waals surface area contributed by atoms with Gasteiger partial charge in [-0.15, -0.1) is 0 Å². The summed E-state index contributed by atoms with van der Waals surface area (Å²) < 4.78 is 15.9. The Balaban J connectivity index is 2.03. The zero-order valence-corrected chi connectivity index (χ0v) is 15.4. The van der Waals surface area contributed by atoms with E-state index in [1.807, 2.05) is 4.90 Å². The van der Waals surface area contributed by atoms with E-state index >= 15 is 0 Å². The Morgan fingerprint density at radius 2 is 1.62 bits per heavy atom. The van der Waals surface area contributed by atoms with Gasteiger partial charge in [-0.3, -0.25) is 14.5 Å². The first-order valence-electron chi connectivity index (χ1n) is 8.26. The molecule has 0 saturated carbocycles. The van der Waals surface area contributed by atoms with Crippen molar-refractivity contribution in [2.45, 2.75) is 0 Å². The van der Waals surface area contributed by atoms with E-state index in [4.69, 9.17) is 19.9 Å². The quantitative estimate of drug-likeness (QED) is 0.703. The molecule has 0 aromatic heterocycles. The normalized spacial score (nSPS) is 15.1. The van der Waals surface area contributed by atoms with E-state index in [-0.39, 0.29) is 18.4 Å². The van der Waals surface area contributed by atoms with Crippen molar-refractivity contribution >= 4 is 17.9 Å². The second-order valence-corrected chi connectivity index (χ2v) is 5.86. The highest BCUT2D eigenvalue weighted by Gasteiger charge is 2.20. The fourth-order valence-electron chi connectivity index (χ4n) is 2.82. The van der Waals surface area contributed by atoms with Crippen molar-refractivity contribution in [2.75, 3.05) is 54.1 Å². The minimum atomic E-state index is -0.355. The first kappa shape index (κ1) is 19.6. The number of methoxy groups -OCH3 is 3. The van der Waals surface area contributed by atoms with Gasteiger partial charge in [0.1, 0.15) is 0 Å². The zero-order chi connectivity index (χ0) is 19.1. The molecule has 0 radical (unpaired) electrons. The van der Waals surface area contributed by atoms with Gasteiger partial charge in [-0.2, -0.15) is 0 Å². The highest BCUT2D eigenvalue weighted by atomic mass is 16.5. The summed E-state index contributed by atoms with van der Waals surface area (Å²) >= 11 is 0. The Morgan fingerprint density at radius 1 is 1.04 bits per heavy atom. The summed E-state index contributed by atoms with van der Waals surface area (Å²) in [5, 5.41) is 0. The Hall–Kier alpha value is -2.74. The van der Waals surface area contributed by atoms with Crippen molar-refractivity contribution < 1.29 is 23.8 Å². The maximum atomic E-state index is 12.4. The molecule has 2 rings (SSSR count). The summed E-state index contributed by atoms with van der Waals surface area (Å²) in [5.74, 6) is 1.12. The number of nitrogens with zero attached hydrogens (tertiary/aromatic N) is 2. The number of amides is 2. The molecule has 1 saturated heterocycles. The molecule has 0 atom stereocenters. The van der Waals surface area contributed by atoms with Crippen LogP contribution in [0.1, 0.15) is 5.56 Å². The topological polar surface area (TPSA) is 94.3 Å². The molecule has 1 heterocycles. The van der Waals surface area contributed by atoms with Crippen molar-refractivity contribution in [3.05, 3.63) is 23.8 Å². The number of piperazine rings is 1. The lowest BCUT2D eigenvalue weighted by Gasteiger charge is -2.33. The lowest BCUT2D eigenvalue weighted by atomic mass is 10.1. The summed E-state index contributed by atoms with van der Waals surface area (Å²) in [4.78, 5) is 27.0. The molecule has 2 amide bonds. The van der Waals surface area contributed by atoms with Crippen molar-refractivity contribution in [3.8, 4) is 17.2 Å². The van der Waals surface area contributed by atoms with Crippen molar-refractivity contribution in [2.24, 2.45) is 5.73 Å². The first-order valence-corrected chi connectivity index (χ1v) is 8.26. The maximum Gasteiger partial charge on any atom is 0.246 e. The van der Waals surface area contributed by atoms with Crippen LogP contribution in [0.2, 0.25) is 0 Å². The Labute approximate surface area is 153 Å². The van der Waals surface area contributed by atoms with Crippen LogP contribution in [-0.2, 0) is 9.59 Å². The third-order valence-electron chi connectivity index (χ3n) is 4.17. The summed E-state index contributed by atoms with van der Waals surface area (Å²) in [5.41, 5.74) is 5.96. The summed E-state index contributed by atoms with van der Waals surface area (Å²) in [6.07, 6.45) is 3.23. The minimum Gasteiger partial charge on any atom is -0.493 e. The van der Waals surface area contributed by atoms with Gasteiger partial charge < -0.3 is 24.8 Å². The van der Waals surface area contributed by atoms with Gasteiger partial charge in [0.05, 0.1) is 27.9 Å². The molecule has 1 fully saturated rings. The average molecular weight is 363 g/mol. The molecule has 1 aromatic carbocycles. The Bertz CT molecular complexity index is 656. The van der Waals surface area contributed by atoms with E-state index in [0.29, 0.717) is 43.4 Å². The lowest BCUT2D eigenvalue weighted by molar-refractivity contribution is -0.128. The molecule has 26 heavy (non-hydrogen) atoms. The molecule has 142 valence electrons. The van der Waals surface area contributed by atoms with Crippen LogP contribution in [0.4, 0.5) is 0 Å². The van der Waals surface area contributed by atoms with Crippen LogP contribution in [0.25, 0.3) is 6.08 Å². The van der Waals surface area contributed by atoms with E-state index in [1.165, 1.54) is 13.2 Å². The van der Waals surface area contributed by atoms with Crippen LogP contribution >= 0.6 is 0 Å². The number of primary amides is 1. The fourth-order valence-corrected chi connectivity index (χ4v) is 2.82. The lowest BCUT2D eigenvalue weighted by Crippen LogP contribution is -2.50. The smallest absolute Gasteiger partial charge is 0.246 e. The van der Waals surface area contributed by atoms with Crippen LogP contribution in [0.3, 0.4) is 0 Å². The SMILES string of the molecule is COc1cc(C=CC(=O)N2CCN(CC(N)=O)CC2)cc(OC)c1OC. The van der Waals surface area contributed by atoms with Crippen LogP contribution in [0, 0.1) is 0 Å². The highest BCUT2D eigenvalue weighted by Crippen LogP contribution is 2.38. The number of carbonyl (C=O) groups excluding carboxylic acids is 2. The first-order chi connectivity index (χ1) is 12.5. The van der Waals surface area contributed by atoms with Gasteiger partial charge in [0.2, 0.25) is 17.6 Å². The highest BCUT2D eigenvalue weighted by molar-refractivity contribution is 5.92. The van der Waals surface area contributed by atoms with E-state index in [9.17, 15) is 9.59 Å². The van der Waals surface area contributed by atoms with Gasteiger partial charge in [-0.05, 0) is 23.8 Å². The average Bonchev–Trinajstić information content (AvgIpc) is 2.65. The predicted octanol–water partition coefficient (Wildman–Crippen LogP) is 0.355. The minimum absolute atomic E-state index is 0.0857. The van der Waals surface area contributed by atoms with Crippen LogP contribution in [0.5, 0.6) is 17.2 Å². The van der Waals surface area contributed by atoms with Gasteiger partial charge in [-0.25, -0.2) is 0 Å². The van der Waals surface area contributed by atoms with Crippen LogP contribution < -0.4 is 19.9 Å². The van der Waals surface area contributed by atoms with Crippen molar-refractivity contribution in [3.63, 3.8) is 0 Å². The molecule has 1 aromatic rings. The van der Waals surface area contributed by atoms with E-state index in [1.54, 1.807) is 37.3 Å². The molecule has 2 N–H and O–H groups in total. The van der Waals surface area contributed by atoms with Crippen LogP contribution in [-0.4, -0.2) is 75.7 Å². The van der Waals surface area contributed by atoms with E-state index in [2.05, 4.69) is 0 Å². The predicted molar refractivity (Wildman–Crippen MR) is 97.3 cm³/mol. The molecule has 0 spiro atoms. The third-order valence-corrected chi connectivity index (χ3v) is 4.17. The largest absolute Gasteiger partial charge is 0.493 e. The molecular weight excluding hydrogens is 338 g/mol. The Kier molecular flexibility index (Phi) is 6.85. The van der Waals surface area contributed by atoms with Gasteiger partial charge >= 0.3 is 0 Å². The summed E-state index contributed by atoms with van der Waals surface area (Å²) in [6, 6.07) is 3.55. The summed E-state index contributed by atoms with van der Waals surface area (Å²) in [7, 11) is 4.63. The number of rotatable bonds is 7. The number of ether oxygens (including phenoxy) is 3. The van der Waals surface area contributed by atoms with E-state index in [0.717, 1.165) is 5.56 Å². The second-order valence-electron chi connectivity index (χ2n) is 5.86. The van der Waals surface area contributed by atoms with Gasteiger partial charge in [0.15, 0.2) is 11.5 Å². The molecule has 8 nitrogen and oxygen atoms in total. The molecule has 1 aliphatic heterocycles. The van der Waals surface area contributed by atoms with Crippen LogP contribution in [0.15, 0.2) is 18.2 Å². The standard InChI is InChI=1S/C18H25N3O5/c1-24-14-10-13(11-15(25-2)18(14)26-3)4-5-17(23)21-8-6-20(7-9-21)12-16(19)22/h4-5,10-11H,6-9,12H2,1-3H3,(H2,19,22). The number of hydrogen-bond acceptors (Lipinski definition) is 6. The van der Waals surface area contributed by atoms with Gasteiger partial charge in [0, 0.05) is 32.3 Å². The number of hydrogen-bond donors (Lipinski definition) is 1. The Morgan fingerprint density at radius 3 is 2.08 bits per heavy atom. The third kappa shape index (κ3) is 4.89. The molecular formula is C18H25N3O5. The van der Waals surface area contributed by atoms with Gasteiger partial charge in [-0.1, -0.05) is 0 Å².